The molecule has 0 fully saturated rings. The van der Waals surface area contributed by atoms with Crippen molar-refractivity contribution < 1.29 is 44.1 Å². The molecule has 9 nitrogen and oxygen atoms in total. The van der Waals surface area contributed by atoms with Crippen LogP contribution in [0.5, 0.6) is 34.5 Å². The predicted molar refractivity (Wildman–Crippen MR) is 143 cm³/mol. The molecule has 4 atom stereocenters. The van der Waals surface area contributed by atoms with Crippen molar-refractivity contribution in [1.29, 1.82) is 0 Å². The summed E-state index contributed by atoms with van der Waals surface area (Å²) in [7, 11) is 4.57. The molecule has 39 heavy (non-hydrogen) atoms. The van der Waals surface area contributed by atoms with E-state index in [1.807, 2.05) is 24.3 Å². The standard InChI is InChI=1S/C30H32O9/c1-35-24-12-17(6-7-23(24)34)27-22(15-33)20-11-18(13-26(37-3)30(20)38-27)28-21(14-32)19-9-16(5-4-8-31)10-25(36-2)29(19)39-28/h4-7,9-13,21-22,27-28,31-34H,8,14-15H2,1-3H3. The lowest BCUT2D eigenvalue weighted by Crippen LogP contribution is -2.15. The van der Waals surface area contributed by atoms with E-state index in [0.29, 0.717) is 28.7 Å². The van der Waals surface area contributed by atoms with Crippen LogP contribution in [0.25, 0.3) is 6.08 Å². The maximum Gasteiger partial charge on any atom is 0.165 e. The maximum absolute atomic E-state index is 10.4. The Kier molecular flexibility index (Phi) is 7.56. The first kappa shape index (κ1) is 26.7. The number of rotatable bonds is 9. The van der Waals surface area contributed by atoms with Crippen LogP contribution in [-0.2, 0) is 0 Å². The minimum atomic E-state index is -0.553. The lowest BCUT2D eigenvalue weighted by atomic mass is 9.86. The van der Waals surface area contributed by atoms with Crippen molar-refractivity contribution in [2.24, 2.45) is 0 Å². The third-order valence-electron chi connectivity index (χ3n) is 7.34. The van der Waals surface area contributed by atoms with Crippen molar-refractivity contribution in [3.05, 3.63) is 76.4 Å². The molecular formula is C30H32O9. The summed E-state index contributed by atoms with van der Waals surface area (Å²) >= 11 is 0. The van der Waals surface area contributed by atoms with Gasteiger partial charge in [0.2, 0.25) is 0 Å². The zero-order valence-corrected chi connectivity index (χ0v) is 22.0. The Bertz CT molecular complexity index is 1380. The minimum absolute atomic E-state index is 0.00982. The van der Waals surface area contributed by atoms with Crippen molar-refractivity contribution in [3.63, 3.8) is 0 Å². The van der Waals surface area contributed by atoms with Gasteiger partial charge in [-0.2, -0.15) is 0 Å². The van der Waals surface area contributed by atoms with Crippen LogP contribution in [-0.4, -0.2) is 61.6 Å². The number of hydrogen-bond acceptors (Lipinski definition) is 9. The van der Waals surface area contributed by atoms with Gasteiger partial charge in [0.05, 0.1) is 53.0 Å². The molecular weight excluding hydrogens is 504 g/mol. The molecule has 0 aliphatic carbocycles. The van der Waals surface area contributed by atoms with Crippen molar-refractivity contribution in [3.8, 4) is 34.5 Å². The fourth-order valence-corrected chi connectivity index (χ4v) is 5.45. The molecule has 206 valence electrons. The monoisotopic (exact) mass is 536 g/mol. The van der Waals surface area contributed by atoms with Crippen LogP contribution in [0.1, 0.15) is 51.9 Å². The number of aliphatic hydroxyl groups is 3. The van der Waals surface area contributed by atoms with Crippen molar-refractivity contribution in [1.82, 2.24) is 0 Å². The van der Waals surface area contributed by atoms with Gasteiger partial charge in [-0.1, -0.05) is 18.2 Å². The molecule has 0 saturated heterocycles. The number of hydrogen-bond donors (Lipinski definition) is 4. The van der Waals surface area contributed by atoms with E-state index < -0.39 is 24.0 Å². The number of aliphatic hydroxyl groups excluding tert-OH is 3. The summed E-state index contributed by atoms with van der Waals surface area (Å²) < 4.78 is 29.3. The molecule has 5 rings (SSSR count). The molecule has 4 unspecified atom stereocenters. The molecule has 2 aliphatic heterocycles. The van der Waals surface area contributed by atoms with E-state index >= 15 is 0 Å². The molecule has 9 heteroatoms. The lowest BCUT2D eigenvalue weighted by molar-refractivity contribution is 0.156. The third kappa shape index (κ3) is 4.63. The Labute approximate surface area is 226 Å². The second-order valence-corrected chi connectivity index (χ2v) is 9.45. The molecule has 3 aromatic carbocycles. The Morgan fingerprint density at radius 2 is 1.28 bits per heavy atom. The van der Waals surface area contributed by atoms with E-state index in [1.54, 1.807) is 38.5 Å². The maximum atomic E-state index is 10.4. The Hall–Kier alpha value is -3.92. The molecule has 0 radical (unpaired) electrons. The average molecular weight is 537 g/mol. The van der Waals surface area contributed by atoms with Crippen LogP contribution in [0.2, 0.25) is 0 Å². The van der Waals surface area contributed by atoms with Gasteiger partial charge in [0.1, 0.15) is 12.2 Å². The first-order valence-corrected chi connectivity index (χ1v) is 12.6. The number of ether oxygens (including phenoxy) is 5. The number of phenols is 1. The molecule has 0 spiro atoms. The number of fused-ring (bicyclic) bond motifs is 2. The molecule has 0 aromatic heterocycles. The Balaban J connectivity index is 1.55. The van der Waals surface area contributed by atoms with Crippen LogP contribution in [0.3, 0.4) is 0 Å². The van der Waals surface area contributed by atoms with Crippen LogP contribution in [0, 0.1) is 0 Å². The van der Waals surface area contributed by atoms with Gasteiger partial charge in [-0.3, -0.25) is 0 Å². The van der Waals surface area contributed by atoms with E-state index in [-0.39, 0.29) is 25.6 Å². The molecule has 0 amide bonds. The zero-order valence-electron chi connectivity index (χ0n) is 22.0. The quantitative estimate of drug-likeness (QED) is 0.323. The minimum Gasteiger partial charge on any atom is -0.504 e. The summed E-state index contributed by atoms with van der Waals surface area (Å²) in [6, 6.07) is 12.4. The average Bonchev–Trinajstić information content (AvgIpc) is 3.53. The highest BCUT2D eigenvalue weighted by Crippen LogP contribution is 2.55. The summed E-state index contributed by atoms with van der Waals surface area (Å²) in [6.07, 6.45) is 2.32. The normalized spacial score (nSPS) is 21.3. The fourth-order valence-electron chi connectivity index (χ4n) is 5.45. The van der Waals surface area contributed by atoms with Crippen LogP contribution < -0.4 is 23.7 Å². The topological polar surface area (TPSA) is 127 Å². The van der Waals surface area contributed by atoms with Crippen LogP contribution >= 0.6 is 0 Å². The third-order valence-corrected chi connectivity index (χ3v) is 7.34. The molecule has 2 heterocycles. The second-order valence-electron chi connectivity index (χ2n) is 9.45. The van der Waals surface area contributed by atoms with Crippen LogP contribution in [0.4, 0.5) is 0 Å². The first-order valence-electron chi connectivity index (χ1n) is 12.6. The Morgan fingerprint density at radius 3 is 1.87 bits per heavy atom. The summed E-state index contributed by atoms with van der Waals surface area (Å²) in [5.41, 5.74) is 3.84. The van der Waals surface area contributed by atoms with Gasteiger partial charge in [-0.25, -0.2) is 0 Å². The molecule has 4 N–H and O–H groups in total. The molecule has 0 saturated carbocycles. The zero-order chi connectivity index (χ0) is 27.7. The summed E-state index contributed by atoms with van der Waals surface area (Å²) in [5, 5.41) is 40.1. The molecule has 3 aromatic rings. The summed E-state index contributed by atoms with van der Waals surface area (Å²) in [5.74, 6) is 1.56. The van der Waals surface area contributed by atoms with Crippen molar-refractivity contribution >= 4 is 6.08 Å². The Morgan fingerprint density at radius 1 is 0.718 bits per heavy atom. The number of phenolic OH excluding ortho intramolecular Hbond substituents is 1. The summed E-state index contributed by atoms with van der Waals surface area (Å²) in [4.78, 5) is 0. The fraction of sp³-hybridized carbons (Fsp3) is 0.333. The van der Waals surface area contributed by atoms with Gasteiger partial charge < -0.3 is 44.1 Å². The van der Waals surface area contributed by atoms with E-state index in [2.05, 4.69) is 0 Å². The predicted octanol–water partition coefficient (Wildman–Crippen LogP) is 3.84. The lowest BCUT2D eigenvalue weighted by Gasteiger charge is -2.20. The highest BCUT2D eigenvalue weighted by atomic mass is 16.5. The van der Waals surface area contributed by atoms with Gasteiger partial charge in [-0.05, 0) is 53.1 Å². The van der Waals surface area contributed by atoms with E-state index in [9.17, 15) is 20.4 Å². The smallest absolute Gasteiger partial charge is 0.165 e. The molecule has 0 bridgehead atoms. The number of benzene rings is 3. The number of aromatic hydroxyl groups is 1. The van der Waals surface area contributed by atoms with Gasteiger partial charge in [0.15, 0.2) is 34.5 Å². The van der Waals surface area contributed by atoms with Gasteiger partial charge in [-0.15, -0.1) is 0 Å². The second kappa shape index (κ2) is 11.1. The van der Waals surface area contributed by atoms with E-state index in [1.165, 1.54) is 13.2 Å². The highest BCUT2D eigenvalue weighted by Gasteiger charge is 2.42. The van der Waals surface area contributed by atoms with Crippen molar-refractivity contribution in [2.75, 3.05) is 41.2 Å². The summed E-state index contributed by atoms with van der Waals surface area (Å²) in [6.45, 7) is -0.469. The van der Waals surface area contributed by atoms with Gasteiger partial charge >= 0.3 is 0 Å². The van der Waals surface area contributed by atoms with E-state index in [4.69, 9.17) is 23.7 Å². The van der Waals surface area contributed by atoms with Crippen LogP contribution in [0.15, 0.2) is 48.5 Å². The largest absolute Gasteiger partial charge is 0.504 e. The van der Waals surface area contributed by atoms with Gasteiger partial charge in [0.25, 0.3) is 0 Å². The SMILES string of the molecule is COc1cc(C2Oc3c(OC)cc(C4Oc5c(OC)cc(C=CCO)cc5C4CO)cc3C2CO)ccc1O. The van der Waals surface area contributed by atoms with E-state index in [0.717, 1.165) is 27.8 Å². The van der Waals surface area contributed by atoms with Gasteiger partial charge in [0, 0.05) is 11.1 Å². The van der Waals surface area contributed by atoms with Crippen molar-refractivity contribution in [2.45, 2.75) is 24.0 Å². The first-order chi connectivity index (χ1) is 19.0. The molecule has 2 aliphatic rings. The number of methoxy groups -OCH3 is 3. The highest BCUT2D eigenvalue weighted by molar-refractivity contribution is 5.63.